The lowest BCUT2D eigenvalue weighted by Crippen LogP contribution is -2.01. The molecule has 1 aromatic carbocycles. The number of aryl methyl sites for hydroxylation is 2. The van der Waals surface area contributed by atoms with Gasteiger partial charge >= 0.3 is 0 Å². The Morgan fingerprint density at radius 3 is 2.85 bits per heavy atom. The Morgan fingerprint density at radius 1 is 1.23 bits per heavy atom. The van der Waals surface area contributed by atoms with Crippen LogP contribution in [0.5, 0.6) is 5.75 Å². The summed E-state index contributed by atoms with van der Waals surface area (Å²) < 4.78 is 5.70. The van der Waals surface area contributed by atoms with Crippen molar-refractivity contribution < 1.29 is 4.74 Å². The largest absolute Gasteiger partial charge is 0.491 e. The summed E-state index contributed by atoms with van der Waals surface area (Å²) in [6.07, 6.45) is 1.08. The lowest BCUT2D eigenvalue weighted by molar-refractivity contribution is 0.321. The van der Waals surface area contributed by atoms with Crippen molar-refractivity contribution in [3.8, 4) is 5.75 Å². The Bertz CT molecular complexity index is 289. The summed E-state index contributed by atoms with van der Waals surface area (Å²) in [5.74, 6) is 1.04. The van der Waals surface area contributed by atoms with E-state index >= 15 is 0 Å². The number of anilines is 1. The van der Waals surface area contributed by atoms with E-state index in [1.54, 1.807) is 0 Å². The maximum atomic E-state index is 5.70. The normalized spacial score (nSPS) is 15.2. The maximum absolute atomic E-state index is 5.70. The molecule has 0 unspecified atom stereocenters. The zero-order valence-corrected chi connectivity index (χ0v) is 8.18. The molecule has 0 fully saturated rings. The second kappa shape index (κ2) is 3.29. The van der Waals surface area contributed by atoms with E-state index in [0.717, 1.165) is 25.3 Å². The van der Waals surface area contributed by atoms with E-state index in [-0.39, 0.29) is 0 Å². The summed E-state index contributed by atoms with van der Waals surface area (Å²) in [6.45, 7) is 6.03. The van der Waals surface area contributed by atoms with Crippen molar-refractivity contribution in [2.24, 2.45) is 0 Å². The first-order chi connectivity index (χ1) is 6.29. The van der Waals surface area contributed by atoms with Crippen LogP contribution in [0.4, 0.5) is 5.69 Å². The van der Waals surface area contributed by atoms with E-state index in [0.29, 0.717) is 0 Å². The molecule has 0 aromatic heterocycles. The van der Waals surface area contributed by atoms with Gasteiger partial charge in [-0.25, -0.2) is 0 Å². The molecule has 1 aromatic rings. The van der Waals surface area contributed by atoms with Crippen LogP contribution in [0.3, 0.4) is 0 Å². The molecule has 0 saturated carbocycles. The minimum absolute atomic E-state index is 0.824. The van der Waals surface area contributed by atoms with E-state index in [1.165, 1.54) is 16.8 Å². The Kier molecular flexibility index (Phi) is 2.13. The summed E-state index contributed by atoms with van der Waals surface area (Å²) in [4.78, 5) is 0. The molecule has 70 valence electrons. The summed E-state index contributed by atoms with van der Waals surface area (Å²) >= 11 is 0. The molecule has 2 nitrogen and oxygen atoms in total. The SMILES string of the molecule is Cc1ccc(C)c2c1NCCCO2. The van der Waals surface area contributed by atoms with Crippen LogP contribution in [0, 0.1) is 13.8 Å². The molecule has 0 radical (unpaired) electrons. The lowest BCUT2D eigenvalue weighted by atomic mass is 10.1. The number of rotatable bonds is 0. The molecule has 0 amide bonds. The van der Waals surface area contributed by atoms with Crippen LogP contribution in [-0.4, -0.2) is 13.2 Å². The summed E-state index contributed by atoms with van der Waals surface area (Å²) in [5.41, 5.74) is 3.66. The highest BCUT2D eigenvalue weighted by atomic mass is 16.5. The second-order valence-corrected chi connectivity index (χ2v) is 3.53. The van der Waals surface area contributed by atoms with Crippen molar-refractivity contribution in [1.29, 1.82) is 0 Å². The van der Waals surface area contributed by atoms with Gasteiger partial charge in [0.05, 0.1) is 12.3 Å². The van der Waals surface area contributed by atoms with Crippen LogP contribution in [-0.2, 0) is 0 Å². The van der Waals surface area contributed by atoms with Gasteiger partial charge < -0.3 is 10.1 Å². The average molecular weight is 177 g/mol. The molecular weight excluding hydrogens is 162 g/mol. The molecule has 0 atom stereocenters. The number of hydrogen-bond acceptors (Lipinski definition) is 2. The molecule has 2 heteroatoms. The third-order valence-electron chi connectivity index (χ3n) is 2.43. The summed E-state index contributed by atoms with van der Waals surface area (Å²) in [5, 5.41) is 3.41. The molecule has 1 heterocycles. The number of ether oxygens (including phenoxy) is 1. The summed E-state index contributed by atoms with van der Waals surface area (Å²) in [7, 11) is 0. The first-order valence-electron chi connectivity index (χ1n) is 4.76. The van der Waals surface area contributed by atoms with Crippen LogP contribution in [0.15, 0.2) is 12.1 Å². The van der Waals surface area contributed by atoms with E-state index in [2.05, 4.69) is 31.3 Å². The molecule has 13 heavy (non-hydrogen) atoms. The van der Waals surface area contributed by atoms with Crippen molar-refractivity contribution in [2.45, 2.75) is 20.3 Å². The van der Waals surface area contributed by atoms with E-state index in [9.17, 15) is 0 Å². The van der Waals surface area contributed by atoms with E-state index in [4.69, 9.17) is 4.74 Å². The Labute approximate surface area is 78.9 Å². The monoisotopic (exact) mass is 177 g/mol. The van der Waals surface area contributed by atoms with Gasteiger partial charge in [0.25, 0.3) is 0 Å². The van der Waals surface area contributed by atoms with Gasteiger partial charge in [-0.05, 0) is 31.4 Å². The number of hydrogen-bond donors (Lipinski definition) is 1. The number of benzene rings is 1. The smallest absolute Gasteiger partial charge is 0.145 e. The highest BCUT2D eigenvalue weighted by Crippen LogP contribution is 2.33. The lowest BCUT2D eigenvalue weighted by Gasteiger charge is -2.12. The maximum Gasteiger partial charge on any atom is 0.145 e. The van der Waals surface area contributed by atoms with Crippen molar-refractivity contribution >= 4 is 5.69 Å². The van der Waals surface area contributed by atoms with Gasteiger partial charge in [-0.15, -0.1) is 0 Å². The standard InChI is InChI=1S/C11H15NO/c1-8-4-5-9(2)11-10(8)12-6-3-7-13-11/h4-5,12H,3,6-7H2,1-2H3. The quantitative estimate of drug-likeness (QED) is 0.657. The molecule has 1 aliphatic heterocycles. The molecule has 0 bridgehead atoms. The van der Waals surface area contributed by atoms with Crippen LogP contribution >= 0.6 is 0 Å². The fraction of sp³-hybridized carbons (Fsp3) is 0.455. The van der Waals surface area contributed by atoms with Gasteiger partial charge in [0, 0.05) is 6.54 Å². The molecular formula is C11H15NO. The highest BCUT2D eigenvalue weighted by Gasteiger charge is 2.12. The molecule has 1 N–H and O–H groups in total. The fourth-order valence-electron chi connectivity index (χ4n) is 1.65. The van der Waals surface area contributed by atoms with Crippen molar-refractivity contribution in [2.75, 3.05) is 18.5 Å². The molecule has 0 saturated heterocycles. The Hall–Kier alpha value is -1.18. The average Bonchev–Trinajstić information content (AvgIpc) is 2.37. The predicted molar refractivity (Wildman–Crippen MR) is 54.5 cm³/mol. The van der Waals surface area contributed by atoms with Crippen LogP contribution in [0.25, 0.3) is 0 Å². The van der Waals surface area contributed by atoms with E-state index < -0.39 is 0 Å². The summed E-state index contributed by atoms with van der Waals surface area (Å²) in [6, 6.07) is 4.25. The van der Waals surface area contributed by atoms with Crippen LogP contribution in [0.1, 0.15) is 17.5 Å². The zero-order valence-electron chi connectivity index (χ0n) is 8.18. The number of nitrogens with one attached hydrogen (secondary N) is 1. The first-order valence-corrected chi connectivity index (χ1v) is 4.76. The van der Waals surface area contributed by atoms with Gasteiger partial charge in [0.1, 0.15) is 5.75 Å². The Balaban J connectivity index is 2.50. The van der Waals surface area contributed by atoms with Crippen molar-refractivity contribution in [3.05, 3.63) is 23.3 Å². The van der Waals surface area contributed by atoms with Crippen LogP contribution in [0.2, 0.25) is 0 Å². The number of fused-ring (bicyclic) bond motifs is 1. The molecule has 0 spiro atoms. The molecule has 2 rings (SSSR count). The van der Waals surface area contributed by atoms with Crippen molar-refractivity contribution in [1.82, 2.24) is 0 Å². The van der Waals surface area contributed by atoms with Gasteiger partial charge in [-0.2, -0.15) is 0 Å². The first kappa shape index (κ1) is 8.42. The topological polar surface area (TPSA) is 21.3 Å². The van der Waals surface area contributed by atoms with Gasteiger partial charge in [0.2, 0.25) is 0 Å². The van der Waals surface area contributed by atoms with Gasteiger partial charge in [-0.1, -0.05) is 12.1 Å². The van der Waals surface area contributed by atoms with Crippen LogP contribution < -0.4 is 10.1 Å². The molecule has 1 aliphatic rings. The zero-order chi connectivity index (χ0) is 9.26. The van der Waals surface area contributed by atoms with Gasteiger partial charge in [-0.3, -0.25) is 0 Å². The fourth-order valence-corrected chi connectivity index (χ4v) is 1.65. The minimum atomic E-state index is 0.824. The third kappa shape index (κ3) is 1.48. The predicted octanol–water partition coefficient (Wildman–Crippen LogP) is 2.50. The van der Waals surface area contributed by atoms with Gasteiger partial charge in [0.15, 0.2) is 0 Å². The second-order valence-electron chi connectivity index (χ2n) is 3.53. The Morgan fingerprint density at radius 2 is 2.00 bits per heavy atom. The molecule has 0 aliphatic carbocycles. The highest BCUT2D eigenvalue weighted by molar-refractivity contribution is 5.65. The van der Waals surface area contributed by atoms with Crippen molar-refractivity contribution in [3.63, 3.8) is 0 Å². The third-order valence-corrected chi connectivity index (χ3v) is 2.43. The van der Waals surface area contributed by atoms with E-state index in [1.807, 2.05) is 0 Å². The minimum Gasteiger partial charge on any atom is -0.491 e.